The van der Waals surface area contributed by atoms with Gasteiger partial charge in [0.2, 0.25) is 0 Å². The number of likely N-dealkylation sites (tertiary alicyclic amines) is 1. The second kappa shape index (κ2) is 6.47. The van der Waals surface area contributed by atoms with E-state index in [1.807, 2.05) is 0 Å². The molecule has 1 fully saturated rings. The normalized spacial score (nSPS) is 19.4. The molecule has 20 heavy (non-hydrogen) atoms. The smallest absolute Gasteiger partial charge is 0.337 e. The highest BCUT2D eigenvalue weighted by atomic mass is 16.4. The molecule has 1 atom stereocenters. The van der Waals surface area contributed by atoms with Crippen LogP contribution in [0, 0.1) is 0 Å². The van der Waals surface area contributed by atoms with Gasteiger partial charge < -0.3 is 15.1 Å². The molecule has 1 aliphatic rings. The van der Waals surface area contributed by atoms with E-state index in [0.717, 1.165) is 25.7 Å². The van der Waals surface area contributed by atoms with Gasteiger partial charge in [-0.05, 0) is 25.0 Å². The minimum atomic E-state index is -1.07. The molecule has 0 saturated carbocycles. The van der Waals surface area contributed by atoms with Gasteiger partial charge >= 0.3 is 5.97 Å². The number of aromatic nitrogens is 1. The van der Waals surface area contributed by atoms with Crippen LogP contribution in [0.15, 0.2) is 18.3 Å². The predicted molar refractivity (Wildman–Crippen MR) is 71.6 cm³/mol. The Morgan fingerprint density at radius 1 is 1.30 bits per heavy atom. The molecule has 6 nitrogen and oxygen atoms in total. The zero-order chi connectivity index (χ0) is 14.5. The predicted octanol–water partition coefficient (Wildman–Crippen LogP) is 1.16. The van der Waals surface area contributed by atoms with E-state index in [-0.39, 0.29) is 29.8 Å². The zero-order valence-electron chi connectivity index (χ0n) is 11.2. The van der Waals surface area contributed by atoms with E-state index >= 15 is 0 Å². The van der Waals surface area contributed by atoms with Crippen molar-refractivity contribution in [2.75, 3.05) is 13.2 Å². The van der Waals surface area contributed by atoms with Crippen molar-refractivity contribution in [3.8, 4) is 0 Å². The van der Waals surface area contributed by atoms with Gasteiger partial charge in [0.05, 0.1) is 18.2 Å². The number of aliphatic hydroxyl groups is 1. The van der Waals surface area contributed by atoms with Crippen molar-refractivity contribution in [3.63, 3.8) is 0 Å². The zero-order valence-corrected chi connectivity index (χ0v) is 11.2. The Labute approximate surface area is 117 Å². The lowest BCUT2D eigenvalue weighted by atomic mass is 10.1. The maximum absolute atomic E-state index is 12.4. The molecule has 0 aromatic carbocycles. The van der Waals surface area contributed by atoms with Crippen molar-refractivity contribution in [2.24, 2.45) is 0 Å². The molecular weight excluding hydrogens is 260 g/mol. The minimum Gasteiger partial charge on any atom is -0.478 e. The number of carbonyl (C=O) groups excluding carboxylic acids is 1. The van der Waals surface area contributed by atoms with Crippen LogP contribution in [0.5, 0.6) is 0 Å². The number of carbonyl (C=O) groups is 2. The van der Waals surface area contributed by atoms with E-state index in [0.29, 0.717) is 6.54 Å². The van der Waals surface area contributed by atoms with Gasteiger partial charge in [-0.15, -0.1) is 0 Å². The molecule has 108 valence electrons. The molecule has 1 saturated heterocycles. The van der Waals surface area contributed by atoms with Crippen molar-refractivity contribution in [1.29, 1.82) is 0 Å². The third kappa shape index (κ3) is 3.14. The highest BCUT2D eigenvalue weighted by Gasteiger charge is 2.26. The van der Waals surface area contributed by atoms with Crippen LogP contribution in [0.4, 0.5) is 0 Å². The van der Waals surface area contributed by atoms with Crippen molar-refractivity contribution < 1.29 is 19.8 Å². The van der Waals surface area contributed by atoms with Gasteiger partial charge in [-0.25, -0.2) is 4.79 Å². The fourth-order valence-electron chi connectivity index (χ4n) is 2.43. The van der Waals surface area contributed by atoms with E-state index in [4.69, 9.17) is 5.11 Å². The Bertz CT molecular complexity index is 486. The largest absolute Gasteiger partial charge is 0.478 e. The summed E-state index contributed by atoms with van der Waals surface area (Å²) in [6.45, 7) is 0.547. The number of hydrogen-bond donors (Lipinski definition) is 2. The number of carboxylic acids is 1. The molecule has 0 radical (unpaired) electrons. The molecule has 2 N–H and O–H groups in total. The van der Waals surface area contributed by atoms with Crippen molar-refractivity contribution in [3.05, 3.63) is 29.6 Å². The molecule has 1 amide bonds. The topological polar surface area (TPSA) is 90.7 Å². The highest BCUT2D eigenvalue weighted by Crippen LogP contribution is 2.18. The fraction of sp³-hybridized carbons (Fsp3) is 0.500. The van der Waals surface area contributed by atoms with Crippen LogP contribution >= 0.6 is 0 Å². The summed E-state index contributed by atoms with van der Waals surface area (Å²) in [5.41, 5.74) is 0.270. The van der Waals surface area contributed by atoms with Crippen molar-refractivity contribution >= 4 is 11.9 Å². The van der Waals surface area contributed by atoms with Crippen LogP contribution in [0.25, 0.3) is 0 Å². The first kappa shape index (κ1) is 14.5. The quantitative estimate of drug-likeness (QED) is 0.865. The highest BCUT2D eigenvalue weighted by molar-refractivity contribution is 5.94. The SMILES string of the molecule is O=C(O)c1ccc(C(=O)N2CCCCCC2CO)nc1. The molecule has 1 unspecified atom stereocenters. The van der Waals surface area contributed by atoms with Crippen molar-refractivity contribution in [1.82, 2.24) is 9.88 Å². The maximum Gasteiger partial charge on any atom is 0.337 e. The minimum absolute atomic E-state index is 0.0520. The molecule has 0 bridgehead atoms. The lowest BCUT2D eigenvalue weighted by molar-refractivity contribution is 0.0592. The third-order valence-electron chi connectivity index (χ3n) is 3.58. The Morgan fingerprint density at radius 2 is 2.10 bits per heavy atom. The van der Waals surface area contributed by atoms with Gasteiger partial charge in [-0.2, -0.15) is 0 Å². The molecule has 1 aromatic heterocycles. The maximum atomic E-state index is 12.4. The molecule has 6 heteroatoms. The molecular formula is C14H18N2O4. The molecule has 1 aromatic rings. The first-order valence-corrected chi connectivity index (χ1v) is 6.74. The second-order valence-electron chi connectivity index (χ2n) is 4.92. The number of hydrogen-bond acceptors (Lipinski definition) is 4. The second-order valence-corrected chi connectivity index (χ2v) is 4.92. The van der Waals surface area contributed by atoms with E-state index in [2.05, 4.69) is 4.98 Å². The summed E-state index contributed by atoms with van der Waals surface area (Å²) in [7, 11) is 0. The number of nitrogens with zero attached hydrogens (tertiary/aromatic N) is 2. The molecule has 0 aliphatic carbocycles. The Balaban J connectivity index is 2.17. The van der Waals surface area contributed by atoms with Crippen LogP contribution in [-0.2, 0) is 0 Å². The number of amides is 1. The van der Waals surface area contributed by atoms with Crippen LogP contribution in [0.1, 0.15) is 46.5 Å². The monoisotopic (exact) mass is 278 g/mol. The van der Waals surface area contributed by atoms with E-state index < -0.39 is 5.97 Å². The first-order valence-electron chi connectivity index (χ1n) is 6.74. The van der Waals surface area contributed by atoms with E-state index in [1.165, 1.54) is 18.3 Å². The molecule has 0 spiro atoms. The average Bonchev–Trinajstić information content (AvgIpc) is 2.71. The van der Waals surface area contributed by atoms with Gasteiger partial charge in [0.25, 0.3) is 5.91 Å². The van der Waals surface area contributed by atoms with E-state index in [9.17, 15) is 14.7 Å². The Kier molecular flexibility index (Phi) is 4.68. The summed E-state index contributed by atoms with van der Waals surface area (Å²) in [4.78, 5) is 28.7. The first-order chi connectivity index (χ1) is 9.63. The van der Waals surface area contributed by atoms with Gasteiger partial charge in [0.15, 0.2) is 0 Å². The number of rotatable bonds is 3. The molecule has 2 heterocycles. The number of carboxylic acid groups (broad SMARTS) is 1. The van der Waals surface area contributed by atoms with Crippen LogP contribution in [0.3, 0.4) is 0 Å². The summed E-state index contributed by atoms with van der Waals surface area (Å²) < 4.78 is 0. The average molecular weight is 278 g/mol. The van der Waals surface area contributed by atoms with E-state index in [1.54, 1.807) is 4.90 Å². The Morgan fingerprint density at radius 3 is 2.70 bits per heavy atom. The summed E-state index contributed by atoms with van der Waals surface area (Å²) in [5.74, 6) is -1.32. The molecule has 2 rings (SSSR count). The number of aliphatic hydroxyl groups excluding tert-OH is 1. The van der Waals surface area contributed by atoms with Crippen LogP contribution < -0.4 is 0 Å². The summed E-state index contributed by atoms with van der Waals surface area (Å²) in [6.07, 6.45) is 4.93. The van der Waals surface area contributed by atoms with Gasteiger partial charge in [0, 0.05) is 12.7 Å². The lowest BCUT2D eigenvalue weighted by Crippen LogP contribution is -2.42. The fourth-order valence-corrected chi connectivity index (χ4v) is 2.43. The van der Waals surface area contributed by atoms with Crippen LogP contribution in [0.2, 0.25) is 0 Å². The van der Waals surface area contributed by atoms with Gasteiger partial charge in [0.1, 0.15) is 5.69 Å². The Hall–Kier alpha value is -1.95. The third-order valence-corrected chi connectivity index (χ3v) is 3.58. The van der Waals surface area contributed by atoms with Crippen molar-refractivity contribution in [2.45, 2.75) is 31.7 Å². The summed E-state index contributed by atoms with van der Waals surface area (Å²) >= 11 is 0. The number of aromatic carboxylic acids is 1. The summed E-state index contributed by atoms with van der Waals surface area (Å²) in [5, 5.41) is 18.2. The standard InChI is InChI=1S/C14H18N2O4/c17-9-11-4-2-1-3-7-16(11)13(18)12-6-5-10(8-15-12)14(19)20/h5-6,8,11,17H,1-4,7,9H2,(H,19,20). The lowest BCUT2D eigenvalue weighted by Gasteiger charge is -2.28. The molecule has 1 aliphatic heterocycles. The van der Waals surface area contributed by atoms with Gasteiger partial charge in [-0.1, -0.05) is 12.8 Å². The number of pyridine rings is 1. The van der Waals surface area contributed by atoms with Gasteiger partial charge in [-0.3, -0.25) is 9.78 Å². The summed E-state index contributed by atoms with van der Waals surface area (Å²) in [6, 6.07) is 2.62. The van der Waals surface area contributed by atoms with Crippen LogP contribution in [-0.4, -0.2) is 51.2 Å².